The first-order valence-corrected chi connectivity index (χ1v) is 8.70. The van der Waals surface area contributed by atoms with Gasteiger partial charge in [0.25, 0.3) is 0 Å². The summed E-state index contributed by atoms with van der Waals surface area (Å²) in [7, 11) is 0. The van der Waals surface area contributed by atoms with Crippen LogP contribution in [0.4, 0.5) is 0 Å². The fourth-order valence-corrected chi connectivity index (χ4v) is 3.14. The van der Waals surface area contributed by atoms with Crippen molar-refractivity contribution in [2.24, 2.45) is 5.92 Å². The van der Waals surface area contributed by atoms with Gasteiger partial charge in [-0.3, -0.25) is 9.59 Å². The van der Waals surface area contributed by atoms with Crippen LogP contribution in [0, 0.1) is 5.92 Å². The molecule has 2 amide bonds. The number of carbonyl (C=O) groups excluding carboxylic acids is 2. The van der Waals surface area contributed by atoms with Gasteiger partial charge in [0.2, 0.25) is 11.8 Å². The summed E-state index contributed by atoms with van der Waals surface area (Å²) in [6, 6.07) is -0.0222. The zero-order valence-corrected chi connectivity index (χ0v) is 14.0. The Bertz CT molecular complexity index is 591. The van der Waals surface area contributed by atoms with Crippen LogP contribution in [-0.2, 0) is 22.6 Å². The van der Waals surface area contributed by atoms with E-state index in [9.17, 15) is 9.59 Å². The number of nitrogens with one attached hydrogen (secondary N) is 1. The van der Waals surface area contributed by atoms with E-state index in [4.69, 9.17) is 0 Å². The highest BCUT2D eigenvalue weighted by Crippen LogP contribution is 2.28. The summed E-state index contributed by atoms with van der Waals surface area (Å²) >= 11 is 0. The summed E-state index contributed by atoms with van der Waals surface area (Å²) in [6.45, 7) is 6.30. The topological polar surface area (TPSA) is 67.2 Å². The average Bonchev–Trinajstić information content (AvgIpc) is 3.25. The summed E-state index contributed by atoms with van der Waals surface area (Å²) in [6.07, 6.45) is 6.20. The maximum Gasteiger partial charge on any atom is 0.226 e. The summed E-state index contributed by atoms with van der Waals surface area (Å²) in [5.41, 5.74) is 0.796. The van der Waals surface area contributed by atoms with Gasteiger partial charge < -0.3 is 14.8 Å². The number of amides is 2. The number of nitrogens with zero attached hydrogens (tertiary/aromatic N) is 3. The molecule has 1 saturated carbocycles. The predicted octanol–water partition coefficient (Wildman–Crippen LogP) is 1.66. The third-order valence-corrected chi connectivity index (χ3v) is 4.69. The summed E-state index contributed by atoms with van der Waals surface area (Å²) in [4.78, 5) is 30.7. The third-order valence-electron chi connectivity index (χ3n) is 4.69. The minimum Gasteiger partial charge on any atom is -0.355 e. The molecule has 1 fully saturated rings. The summed E-state index contributed by atoms with van der Waals surface area (Å²) < 4.78 is 2.09. The minimum atomic E-state index is -0.0222. The number of carbonyl (C=O) groups is 2. The third kappa shape index (κ3) is 3.74. The van der Waals surface area contributed by atoms with Crippen LogP contribution < -0.4 is 5.32 Å². The van der Waals surface area contributed by atoms with Crippen molar-refractivity contribution >= 4 is 11.8 Å². The Balaban J connectivity index is 1.62. The van der Waals surface area contributed by atoms with Gasteiger partial charge in [0.1, 0.15) is 5.82 Å². The first kappa shape index (κ1) is 16.0. The molecule has 1 N–H and O–H groups in total. The van der Waals surface area contributed by atoms with Crippen LogP contribution in [0.3, 0.4) is 0 Å². The van der Waals surface area contributed by atoms with E-state index >= 15 is 0 Å². The molecule has 3 rings (SSSR count). The van der Waals surface area contributed by atoms with Gasteiger partial charge in [-0.1, -0.05) is 6.92 Å². The maximum atomic E-state index is 12.2. The van der Waals surface area contributed by atoms with E-state index in [0.717, 1.165) is 37.6 Å². The second-order valence-corrected chi connectivity index (χ2v) is 6.72. The second kappa shape index (κ2) is 6.72. The molecular formula is C17H26N4O2. The van der Waals surface area contributed by atoms with E-state index < -0.39 is 0 Å². The molecule has 1 aliphatic carbocycles. The van der Waals surface area contributed by atoms with Crippen LogP contribution in [0.15, 0.2) is 6.20 Å². The molecule has 23 heavy (non-hydrogen) atoms. The molecule has 1 aromatic rings. The van der Waals surface area contributed by atoms with Crippen molar-refractivity contribution in [3.63, 3.8) is 0 Å². The van der Waals surface area contributed by atoms with Crippen molar-refractivity contribution in [3.05, 3.63) is 17.7 Å². The molecule has 2 heterocycles. The summed E-state index contributed by atoms with van der Waals surface area (Å²) in [5, 5.41) is 2.98. The second-order valence-electron chi connectivity index (χ2n) is 6.72. The molecule has 1 atom stereocenters. The molecule has 1 unspecified atom stereocenters. The Hall–Kier alpha value is -1.85. The Labute approximate surface area is 137 Å². The van der Waals surface area contributed by atoms with Gasteiger partial charge in [0, 0.05) is 32.3 Å². The number of fused-ring (bicyclic) bond motifs is 1. The lowest BCUT2D eigenvalue weighted by molar-refractivity contribution is -0.134. The highest BCUT2D eigenvalue weighted by atomic mass is 16.2. The smallest absolute Gasteiger partial charge is 0.226 e. The van der Waals surface area contributed by atoms with Crippen LogP contribution >= 0.6 is 0 Å². The van der Waals surface area contributed by atoms with E-state index in [1.54, 1.807) is 0 Å². The van der Waals surface area contributed by atoms with Gasteiger partial charge in [-0.05, 0) is 32.1 Å². The van der Waals surface area contributed by atoms with Gasteiger partial charge in [-0.2, -0.15) is 0 Å². The molecule has 0 spiro atoms. The molecule has 126 valence electrons. The van der Waals surface area contributed by atoms with Crippen molar-refractivity contribution in [3.8, 4) is 0 Å². The molecule has 0 bridgehead atoms. The van der Waals surface area contributed by atoms with E-state index in [0.29, 0.717) is 18.8 Å². The Morgan fingerprint density at radius 2 is 2.13 bits per heavy atom. The molecule has 0 aromatic carbocycles. The Kier molecular flexibility index (Phi) is 4.68. The SMILES string of the molecule is CCCC(=O)N1CCn2cc(CC(=O)NCC3CC3)nc2C1C. The molecule has 2 aliphatic rings. The average molecular weight is 318 g/mol. The van der Waals surface area contributed by atoms with E-state index in [1.165, 1.54) is 12.8 Å². The van der Waals surface area contributed by atoms with Crippen molar-refractivity contribution in [1.29, 1.82) is 0 Å². The fraction of sp³-hybridized carbons (Fsp3) is 0.706. The van der Waals surface area contributed by atoms with Crippen LogP contribution in [0.2, 0.25) is 0 Å². The predicted molar refractivity (Wildman–Crippen MR) is 86.7 cm³/mol. The number of rotatable bonds is 6. The van der Waals surface area contributed by atoms with Gasteiger partial charge in [0.15, 0.2) is 0 Å². The molecule has 0 saturated heterocycles. The van der Waals surface area contributed by atoms with Crippen molar-refractivity contribution in [2.75, 3.05) is 13.1 Å². The number of hydrogen-bond acceptors (Lipinski definition) is 3. The van der Waals surface area contributed by atoms with E-state index in [1.807, 2.05) is 24.9 Å². The van der Waals surface area contributed by atoms with Crippen molar-refractivity contribution in [2.45, 2.75) is 58.5 Å². The molecule has 6 heteroatoms. The molecule has 1 aromatic heterocycles. The van der Waals surface area contributed by atoms with Gasteiger partial charge in [-0.25, -0.2) is 4.98 Å². The van der Waals surface area contributed by atoms with Crippen LogP contribution in [0.25, 0.3) is 0 Å². The lowest BCUT2D eigenvalue weighted by Gasteiger charge is -2.33. The van der Waals surface area contributed by atoms with Crippen LogP contribution in [-0.4, -0.2) is 39.4 Å². The van der Waals surface area contributed by atoms with E-state index in [-0.39, 0.29) is 17.9 Å². The number of hydrogen-bond donors (Lipinski definition) is 1. The zero-order valence-electron chi connectivity index (χ0n) is 14.0. The monoisotopic (exact) mass is 318 g/mol. The highest BCUT2D eigenvalue weighted by molar-refractivity contribution is 5.78. The Morgan fingerprint density at radius 3 is 2.83 bits per heavy atom. The first-order valence-electron chi connectivity index (χ1n) is 8.70. The van der Waals surface area contributed by atoms with Gasteiger partial charge in [0.05, 0.1) is 18.2 Å². The highest BCUT2D eigenvalue weighted by Gasteiger charge is 2.29. The molecule has 6 nitrogen and oxygen atoms in total. The van der Waals surface area contributed by atoms with Gasteiger partial charge >= 0.3 is 0 Å². The molecule has 0 radical (unpaired) electrons. The van der Waals surface area contributed by atoms with Gasteiger partial charge in [-0.15, -0.1) is 0 Å². The normalized spacial score (nSPS) is 20.3. The zero-order chi connectivity index (χ0) is 16.4. The maximum absolute atomic E-state index is 12.2. The summed E-state index contributed by atoms with van der Waals surface area (Å²) in [5.74, 6) is 1.81. The molecular weight excluding hydrogens is 292 g/mol. The molecule has 1 aliphatic heterocycles. The standard InChI is InChI=1S/C17H26N4O2/c1-3-4-16(23)21-8-7-20-11-14(19-17(20)12(21)2)9-15(22)18-10-13-5-6-13/h11-13H,3-10H2,1-2H3,(H,18,22). The largest absolute Gasteiger partial charge is 0.355 e. The first-order chi connectivity index (χ1) is 11.1. The van der Waals surface area contributed by atoms with Crippen molar-refractivity contribution in [1.82, 2.24) is 19.8 Å². The Morgan fingerprint density at radius 1 is 1.35 bits per heavy atom. The lowest BCUT2D eigenvalue weighted by Crippen LogP contribution is -2.40. The minimum absolute atomic E-state index is 0.0222. The fourth-order valence-electron chi connectivity index (χ4n) is 3.14. The van der Waals surface area contributed by atoms with E-state index in [2.05, 4.69) is 14.9 Å². The number of imidazole rings is 1. The van der Waals surface area contributed by atoms with Crippen LogP contribution in [0.5, 0.6) is 0 Å². The van der Waals surface area contributed by atoms with Crippen molar-refractivity contribution < 1.29 is 9.59 Å². The van der Waals surface area contributed by atoms with Crippen LogP contribution in [0.1, 0.15) is 57.1 Å². The lowest BCUT2D eigenvalue weighted by atomic mass is 10.2. The number of aromatic nitrogens is 2. The quantitative estimate of drug-likeness (QED) is 0.867.